The Kier molecular flexibility index (Phi) is 5.31. The number of rotatable bonds is 5. The monoisotopic (exact) mass is 313 g/mol. The summed E-state index contributed by atoms with van der Waals surface area (Å²) in [7, 11) is 0. The molecule has 2 atom stereocenters. The zero-order chi connectivity index (χ0) is 14.5. The smallest absolute Gasteiger partial charge is 0.321 e. The molecule has 1 unspecified atom stereocenters. The van der Waals surface area contributed by atoms with Gasteiger partial charge in [0.2, 0.25) is 0 Å². The maximum Gasteiger partial charge on any atom is 0.321 e. The first-order chi connectivity index (χ1) is 9.58. The number of benzene rings is 1. The third kappa shape index (κ3) is 3.90. The van der Waals surface area contributed by atoms with E-state index in [4.69, 9.17) is 16.3 Å². The minimum Gasteiger partial charge on any atom is -0.465 e. The van der Waals surface area contributed by atoms with E-state index in [1.54, 1.807) is 11.2 Å². The SMILES string of the molecule is C[C@@H](Cl)C(=O)N(Cc1ccccc1)SC1CCOC1=O. The quantitative estimate of drug-likeness (QED) is 0.476. The number of esters is 1. The lowest BCUT2D eigenvalue weighted by Crippen LogP contribution is -2.32. The Hall–Kier alpha value is -1.20. The van der Waals surface area contributed by atoms with Crippen molar-refractivity contribution < 1.29 is 14.3 Å². The summed E-state index contributed by atoms with van der Waals surface area (Å²) in [5, 5.41) is -0.943. The molecule has 1 saturated heterocycles. The summed E-state index contributed by atoms with van der Waals surface area (Å²) in [6.07, 6.45) is 0.624. The third-order valence-corrected chi connectivity index (χ3v) is 4.33. The highest BCUT2D eigenvalue weighted by Crippen LogP contribution is 2.28. The van der Waals surface area contributed by atoms with E-state index in [2.05, 4.69) is 0 Å². The number of carbonyl (C=O) groups excluding carboxylic acids is 2. The van der Waals surface area contributed by atoms with Crippen molar-refractivity contribution in [2.75, 3.05) is 6.61 Å². The molecule has 1 aliphatic rings. The number of hydrogen-bond acceptors (Lipinski definition) is 4. The van der Waals surface area contributed by atoms with Gasteiger partial charge in [0.05, 0.1) is 13.2 Å². The van der Waals surface area contributed by atoms with Gasteiger partial charge in [-0.15, -0.1) is 11.6 Å². The van der Waals surface area contributed by atoms with E-state index in [1.165, 1.54) is 11.9 Å². The van der Waals surface area contributed by atoms with Gasteiger partial charge in [0, 0.05) is 6.42 Å². The highest BCUT2D eigenvalue weighted by molar-refractivity contribution is 7.98. The van der Waals surface area contributed by atoms with Crippen molar-refractivity contribution in [3.63, 3.8) is 0 Å². The second-order valence-electron chi connectivity index (χ2n) is 4.53. The molecule has 108 valence electrons. The molecule has 6 heteroatoms. The predicted molar refractivity (Wildman–Crippen MR) is 79.3 cm³/mol. The Morgan fingerprint density at radius 3 is 2.75 bits per heavy atom. The third-order valence-electron chi connectivity index (χ3n) is 2.90. The van der Waals surface area contributed by atoms with Gasteiger partial charge in [-0.2, -0.15) is 0 Å². The molecule has 1 fully saturated rings. The predicted octanol–water partition coefficient (Wildman–Crippen LogP) is 2.61. The molecule has 0 aromatic heterocycles. The van der Waals surface area contributed by atoms with Crippen LogP contribution in [0.25, 0.3) is 0 Å². The normalized spacial score (nSPS) is 19.5. The van der Waals surface area contributed by atoms with Gasteiger partial charge in [0.25, 0.3) is 5.91 Å². The first-order valence-corrected chi connectivity index (χ1v) is 7.68. The number of ether oxygens (including phenoxy) is 1. The number of carbonyl (C=O) groups is 2. The number of halogens is 1. The van der Waals surface area contributed by atoms with Crippen LogP contribution in [0.15, 0.2) is 30.3 Å². The van der Waals surface area contributed by atoms with Gasteiger partial charge >= 0.3 is 5.97 Å². The minimum atomic E-state index is -0.622. The first kappa shape index (κ1) is 15.2. The molecule has 0 spiro atoms. The van der Waals surface area contributed by atoms with Crippen molar-refractivity contribution in [3.8, 4) is 0 Å². The molecule has 0 aliphatic carbocycles. The van der Waals surface area contributed by atoms with Crippen LogP contribution in [0.5, 0.6) is 0 Å². The molecule has 0 N–H and O–H groups in total. The van der Waals surface area contributed by atoms with Crippen LogP contribution in [-0.2, 0) is 20.9 Å². The van der Waals surface area contributed by atoms with Crippen molar-refractivity contribution in [2.24, 2.45) is 0 Å². The van der Waals surface area contributed by atoms with Crippen LogP contribution in [0.1, 0.15) is 18.9 Å². The van der Waals surface area contributed by atoms with Gasteiger partial charge in [-0.25, -0.2) is 0 Å². The summed E-state index contributed by atoms with van der Waals surface area (Å²) in [5.74, 6) is -0.455. The van der Waals surface area contributed by atoms with E-state index in [0.717, 1.165) is 5.56 Å². The molecule has 1 aromatic carbocycles. The highest BCUT2D eigenvalue weighted by atomic mass is 35.5. The Morgan fingerprint density at radius 1 is 1.50 bits per heavy atom. The highest BCUT2D eigenvalue weighted by Gasteiger charge is 2.32. The fraction of sp³-hybridized carbons (Fsp3) is 0.429. The lowest BCUT2D eigenvalue weighted by Gasteiger charge is -2.24. The lowest BCUT2D eigenvalue weighted by molar-refractivity contribution is -0.137. The summed E-state index contributed by atoms with van der Waals surface area (Å²) in [6, 6.07) is 9.62. The molecular weight excluding hydrogens is 298 g/mol. The fourth-order valence-electron chi connectivity index (χ4n) is 1.84. The van der Waals surface area contributed by atoms with Crippen LogP contribution < -0.4 is 0 Å². The molecule has 1 aromatic rings. The lowest BCUT2D eigenvalue weighted by atomic mass is 10.2. The van der Waals surface area contributed by atoms with Crippen LogP contribution in [0, 0.1) is 0 Å². The van der Waals surface area contributed by atoms with Crippen molar-refractivity contribution >= 4 is 35.4 Å². The van der Waals surface area contributed by atoms with E-state index in [0.29, 0.717) is 19.6 Å². The summed E-state index contributed by atoms with van der Waals surface area (Å²) in [6.45, 7) is 2.47. The largest absolute Gasteiger partial charge is 0.465 e. The first-order valence-electron chi connectivity index (χ1n) is 6.40. The summed E-state index contributed by atoms with van der Waals surface area (Å²) >= 11 is 7.11. The topological polar surface area (TPSA) is 46.6 Å². The van der Waals surface area contributed by atoms with E-state index in [-0.39, 0.29) is 17.1 Å². The van der Waals surface area contributed by atoms with Crippen molar-refractivity contribution in [2.45, 2.75) is 30.5 Å². The Bertz CT molecular complexity index is 481. The second kappa shape index (κ2) is 6.99. The summed E-state index contributed by atoms with van der Waals surface area (Å²) in [4.78, 5) is 23.7. The van der Waals surface area contributed by atoms with Gasteiger partial charge in [0.1, 0.15) is 10.6 Å². The maximum atomic E-state index is 12.2. The average Bonchev–Trinajstić information content (AvgIpc) is 2.84. The molecule has 4 nitrogen and oxygen atoms in total. The molecule has 0 radical (unpaired) electrons. The van der Waals surface area contributed by atoms with Gasteiger partial charge in [-0.1, -0.05) is 30.3 Å². The van der Waals surface area contributed by atoms with Gasteiger partial charge in [0.15, 0.2) is 0 Å². The van der Waals surface area contributed by atoms with E-state index in [9.17, 15) is 9.59 Å². The van der Waals surface area contributed by atoms with Gasteiger partial charge < -0.3 is 4.74 Å². The Balaban J connectivity index is 2.08. The van der Waals surface area contributed by atoms with E-state index < -0.39 is 5.38 Å². The summed E-state index contributed by atoms with van der Waals surface area (Å²) < 4.78 is 6.49. The standard InChI is InChI=1S/C14H16ClNO3S/c1-10(15)13(17)16(9-11-5-3-2-4-6-11)20-12-7-8-19-14(12)18/h2-6,10,12H,7-9H2,1H3/t10-,12?/m1/s1. The van der Waals surface area contributed by atoms with Crippen LogP contribution in [0.3, 0.4) is 0 Å². The zero-order valence-corrected chi connectivity index (χ0v) is 12.7. The molecule has 1 heterocycles. The molecule has 1 aliphatic heterocycles. The molecule has 20 heavy (non-hydrogen) atoms. The molecule has 0 bridgehead atoms. The van der Waals surface area contributed by atoms with Crippen molar-refractivity contribution in [3.05, 3.63) is 35.9 Å². The summed E-state index contributed by atoms with van der Waals surface area (Å²) in [5.41, 5.74) is 0.997. The number of cyclic esters (lactones) is 1. The van der Waals surface area contributed by atoms with Gasteiger partial charge in [-0.05, 0) is 24.4 Å². The molecule has 1 amide bonds. The van der Waals surface area contributed by atoms with Gasteiger partial charge in [-0.3, -0.25) is 13.9 Å². The van der Waals surface area contributed by atoms with E-state index >= 15 is 0 Å². The van der Waals surface area contributed by atoms with Crippen molar-refractivity contribution in [1.82, 2.24) is 4.31 Å². The van der Waals surface area contributed by atoms with Crippen LogP contribution >= 0.6 is 23.5 Å². The maximum absolute atomic E-state index is 12.2. The number of nitrogens with zero attached hydrogens (tertiary/aromatic N) is 1. The minimum absolute atomic E-state index is 0.194. The second-order valence-corrected chi connectivity index (χ2v) is 6.40. The van der Waals surface area contributed by atoms with Crippen LogP contribution in [-0.4, -0.2) is 33.4 Å². The number of hydrogen-bond donors (Lipinski definition) is 0. The number of alkyl halides is 1. The Labute approximate surface area is 127 Å². The molecular formula is C14H16ClNO3S. The average molecular weight is 314 g/mol. The molecule has 0 saturated carbocycles. The Morgan fingerprint density at radius 2 is 2.20 bits per heavy atom. The van der Waals surface area contributed by atoms with Crippen LogP contribution in [0.2, 0.25) is 0 Å². The fourth-order valence-corrected chi connectivity index (χ4v) is 3.17. The van der Waals surface area contributed by atoms with Crippen molar-refractivity contribution in [1.29, 1.82) is 0 Å². The van der Waals surface area contributed by atoms with E-state index in [1.807, 2.05) is 30.3 Å². The molecule has 2 rings (SSSR count). The zero-order valence-electron chi connectivity index (χ0n) is 11.1. The van der Waals surface area contributed by atoms with Crippen LogP contribution in [0.4, 0.5) is 0 Å². The number of amides is 1.